The molecule has 1 fully saturated rings. The normalized spacial score (nSPS) is 20.9. The number of nitrogens with zero attached hydrogens (tertiary/aromatic N) is 2. The van der Waals surface area contributed by atoms with E-state index >= 15 is 0 Å². The molecule has 3 aromatic rings. The third kappa shape index (κ3) is 2.60. The SMILES string of the molecule is Cn1cnc2cc(NC(=O)C3CC(c4ccco4)NN3)ccc21. The molecule has 0 aliphatic carbocycles. The van der Waals surface area contributed by atoms with E-state index in [2.05, 4.69) is 21.2 Å². The molecular formula is C16H17N5O2. The first-order valence-corrected chi connectivity index (χ1v) is 7.47. The van der Waals surface area contributed by atoms with Crippen molar-refractivity contribution in [2.24, 2.45) is 7.05 Å². The zero-order chi connectivity index (χ0) is 15.8. The molecule has 0 saturated carbocycles. The summed E-state index contributed by atoms with van der Waals surface area (Å²) in [6.45, 7) is 0. The van der Waals surface area contributed by atoms with Gasteiger partial charge in [0.15, 0.2) is 0 Å². The lowest BCUT2D eigenvalue weighted by Gasteiger charge is -2.10. The average Bonchev–Trinajstić information content (AvgIpc) is 3.27. The van der Waals surface area contributed by atoms with Crippen LogP contribution in [0.5, 0.6) is 0 Å². The molecule has 3 N–H and O–H groups in total. The molecule has 0 radical (unpaired) electrons. The molecule has 7 heteroatoms. The maximum absolute atomic E-state index is 12.4. The summed E-state index contributed by atoms with van der Waals surface area (Å²) in [6, 6.07) is 9.13. The van der Waals surface area contributed by atoms with Gasteiger partial charge in [-0.25, -0.2) is 15.8 Å². The number of aryl methyl sites for hydroxylation is 1. The van der Waals surface area contributed by atoms with Gasteiger partial charge in [-0.15, -0.1) is 0 Å². The topological polar surface area (TPSA) is 84.1 Å². The van der Waals surface area contributed by atoms with Crippen LogP contribution < -0.4 is 16.2 Å². The van der Waals surface area contributed by atoms with Crippen LogP contribution in [0.25, 0.3) is 11.0 Å². The molecule has 7 nitrogen and oxygen atoms in total. The fourth-order valence-corrected chi connectivity index (χ4v) is 2.85. The van der Waals surface area contributed by atoms with E-state index in [0.717, 1.165) is 22.5 Å². The first-order valence-electron chi connectivity index (χ1n) is 7.47. The summed E-state index contributed by atoms with van der Waals surface area (Å²) in [7, 11) is 1.94. The minimum atomic E-state index is -0.315. The van der Waals surface area contributed by atoms with E-state index in [1.807, 2.05) is 41.9 Å². The molecule has 1 saturated heterocycles. The highest BCUT2D eigenvalue weighted by molar-refractivity contribution is 5.96. The molecule has 23 heavy (non-hydrogen) atoms. The lowest BCUT2D eigenvalue weighted by molar-refractivity contribution is -0.117. The van der Waals surface area contributed by atoms with E-state index in [9.17, 15) is 4.79 Å². The molecule has 3 heterocycles. The van der Waals surface area contributed by atoms with Crippen molar-refractivity contribution in [3.8, 4) is 0 Å². The maximum Gasteiger partial charge on any atom is 0.242 e. The van der Waals surface area contributed by atoms with E-state index in [1.54, 1.807) is 12.6 Å². The van der Waals surface area contributed by atoms with Crippen molar-refractivity contribution in [1.82, 2.24) is 20.4 Å². The van der Waals surface area contributed by atoms with E-state index in [1.165, 1.54) is 0 Å². The molecule has 0 bridgehead atoms. The van der Waals surface area contributed by atoms with Crippen LogP contribution in [0, 0.1) is 0 Å². The zero-order valence-electron chi connectivity index (χ0n) is 12.6. The third-order valence-electron chi connectivity index (χ3n) is 4.10. The molecule has 1 aromatic carbocycles. The van der Waals surface area contributed by atoms with Crippen molar-refractivity contribution < 1.29 is 9.21 Å². The number of hydrogen-bond acceptors (Lipinski definition) is 5. The number of hydrogen-bond donors (Lipinski definition) is 3. The first-order chi connectivity index (χ1) is 11.2. The second-order valence-corrected chi connectivity index (χ2v) is 5.69. The van der Waals surface area contributed by atoms with E-state index in [4.69, 9.17) is 4.42 Å². The Morgan fingerprint density at radius 1 is 1.39 bits per heavy atom. The largest absolute Gasteiger partial charge is 0.468 e. The van der Waals surface area contributed by atoms with Crippen molar-refractivity contribution in [1.29, 1.82) is 0 Å². The Hall–Kier alpha value is -2.64. The molecule has 118 valence electrons. The van der Waals surface area contributed by atoms with Gasteiger partial charge in [-0.3, -0.25) is 4.79 Å². The fourth-order valence-electron chi connectivity index (χ4n) is 2.85. The summed E-state index contributed by atoms with van der Waals surface area (Å²) in [5.74, 6) is 0.740. The minimum absolute atomic E-state index is 0.000907. The Kier molecular flexibility index (Phi) is 3.36. The standard InChI is InChI=1S/C16H17N5O2/c1-21-9-17-11-7-10(4-5-14(11)21)18-16(22)13-8-12(19-20-13)15-3-2-6-23-15/h2-7,9,12-13,19-20H,8H2,1H3,(H,18,22). The number of imidazole rings is 1. The van der Waals surface area contributed by atoms with Crippen molar-refractivity contribution in [3.05, 3.63) is 48.7 Å². The van der Waals surface area contributed by atoms with Gasteiger partial charge in [-0.2, -0.15) is 0 Å². The molecule has 1 amide bonds. The van der Waals surface area contributed by atoms with E-state index in [0.29, 0.717) is 6.42 Å². The minimum Gasteiger partial charge on any atom is -0.468 e. The van der Waals surface area contributed by atoms with Gasteiger partial charge in [0.05, 0.1) is 29.7 Å². The van der Waals surface area contributed by atoms with Gasteiger partial charge >= 0.3 is 0 Å². The molecule has 1 aliphatic heterocycles. The molecule has 2 unspecified atom stereocenters. The monoisotopic (exact) mass is 311 g/mol. The number of furan rings is 1. The van der Waals surface area contributed by atoms with Crippen LogP contribution in [-0.4, -0.2) is 21.5 Å². The average molecular weight is 311 g/mol. The Morgan fingerprint density at radius 2 is 2.30 bits per heavy atom. The Labute approximate surface area is 132 Å². The number of anilines is 1. The van der Waals surface area contributed by atoms with Crippen LogP contribution in [0.1, 0.15) is 18.2 Å². The summed E-state index contributed by atoms with van der Waals surface area (Å²) in [5.41, 5.74) is 8.73. The highest BCUT2D eigenvalue weighted by Gasteiger charge is 2.31. The molecular weight excluding hydrogens is 294 g/mol. The van der Waals surface area contributed by atoms with Crippen LogP contribution in [-0.2, 0) is 11.8 Å². The van der Waals surface area contributed by atoms with Crippen LogP contribution in [0.4, 0.5) is 5.69 Å². The van der Waals surface area contributed by atoms with Gasteiger partial charge in [-0.1, -0.05) is 0 Å². The van der Waals surface area contributed by atoms with Crippen molar-refractivity contribution >= 4 is 22.6 Å². The summed E-state index contributed by atoms with van der Waals surface area (Å²) >= 11 is 0. The van der Waals surface area contributed by atoms with Gasteiger partial charge < -0.3 is 14.3 Å². The predicted octanol–water partition coefficient (Wildman–Crippen LogP) is 1.71. The number of carbonyl (C=O) groups excluding carboxylic acids is 1. The summed E-state index contributed by atoms with van der Waals surface area (Å²) in [4.78, 5) is 16.7. The lowest BCUT2D eigenvalue weighted by atomic mass is 10.1. The molecule has 0 spiro atoms. The first kappa shape index (κ1) is 14.0. The number of nitrogens with one attached hydrogen (secondary N) is 3. The molecule has 2 aromatic heterocycles. The van der Waals surface area contributed by atoms with E-state index in [-0.39, 0.29) is 18.0 Å². The van der Waals surface area contributed by atoms with Gasteiger partial charge in [0.25, 0.3) is 0 Å². The van der Waals surface area contributed by atoms with Gasteiger partial charge in [0, 0.05) is 12.7 Å². The highest BCUT2D eigenvalue weighted by atomic mass is 16.3. The van der Waals surface area contributed by atoms with Crippen LogP contribution in [0.3, 0.4) is 0 Å². The van der Waals surface area contributed by atoms with Crippen LogP contribution in [0.2, 0.25) is 0 Å². The number of amides is 1. The zero-order valence-corrected chi connectivity index (χ0v) is 12.6. The Morgan fingerprint density at radius 3 is 3.13 bits per heavy atom. The van der Waals surface area contributed by atoms with Gasteiger partial charge in [-0.05, 0) is 36.8 Å². The summed E-state index contributed by atoms with van der Waals surface area (Å²) < 4.78 is 7.31. The third-order valence-corrected chi connectivity index (χ3v) is 4.10. The second-order valence-electron chi connectivity index (χ2n) is 5.69. The molecule has 1 aliphatic rings. The van der Waals surface area contributed by atoms with Crippen LogP contribution in [0.15, 0.2) is 47.3 Å². The number of rotatable bonds is 3. The van der Waals surface area contributed by atoms with Crippen molar-refractivity contribution in [3.63, 3.8) is 0 Å². The van der Waals surface area contributed by atoms with Crippen molar-refractivity contribution in [2.45, 2.75) is 18.5 Å². The quantitative estimate of drug-likeness (QED) is 0.686. The Bertz CT molecular complexity index is 839. The predicted molar refractivity (Wildman–Crippen MR) is 85.5 cm³/mol. The Balaban J connectivity index is 1.45. The number of aromatic nitrogens is 2. The maximum atomic E-state index is 12.4. The number of fused-ring (bicyclic) bond motifs is 1. The van der Waals surface area contributed by atoms with Gasteiger partial charge in [0.2, 0.25) is 5.91 Å². The lowest BCUT2D eigenvalue weighted by Crippen LogP contribution is -2.39. The number of carbonyl (C=O) groups is 1. The number of benzene rings is 1. The van der Waals surface area contributed by atoms with Crippen LogP contribution >= 0.6 is 0 Å². The van der Waals surface area contributed by atoms with Crippen molar-refractivity contribution in [2.75, 3.05) is 5.32 Å². The fraction of sp³-hybridized carbons (Fsp3) is 0.250. The van der Waals surface area contributed by atoms with Gasteiger partial charge in [0.1, 0.15) is 11.8 Å². The second kappa shape index (κ2) is 5.53. The summed E-state index contributed by atoms with van der Waals surface area (Å²) in [6.07, 6.45) is 4.02. The molecule has 4 rings (SSSR count). The molecule has 2 atom stereocenters. The van der Waals surface area contributed by atoms with E-state index < -0.39 is 0 Å². The number of hydrazine groups is 1. The highest BCUT2D eigenvalue weighted by Crippen LogP contribution is 2.23. The smallest absolute Gasteiger partial charge is 0.242 e. The summed E-state index contributed by atoms with van der Waals surface area (Å²) in [5, 5.41) is 2.93.